The maximum atomic E-state index is 12.4. The second-order valence-electron chi connectivity index (χ2n) is 6.76. The molecule has 0 spiro atoms. The summed E-state index contributed by atoms with van der Waals surface area (Å²) >= 11 is 5.10. The quantitative estimate of drug-likeness (QED) is 0.573. The van der Waals surface area contributed by atoms with E-state index in [9.17, 15) is 13.2 Å². The van der Waals surface area contributed by atoms with E-state index < -0.39 is 10.0 Å². The lowest BCUT2D eigenvalue weighted by Crippen LogP contribution is -2.34. The first-order valence-corrected chi connectivity index (χ1v) is 10.9. The van der Waals surface area contributed by atoms with Crippen molar-refractivity contribution in [1.82, 2.24) is 10.0 Å². The summed E-state index contributed by atoms with van der Waals surface area (Å²) in [7, 11) is -3.59. The van der Waals surface area contributed by atoms with Crippen LogP contribution in [0.5, 0.6) is 0 Å². The van der Waals surface area contributed by atoms with Crippen LogP contribution in [0.3, 0.4) is 0 Å². The molecule has 150 valence electrons. The fourth-order valence-electron chi connectivity index (χ4n) is 2.49. The first-order chi connectivity index (χ1) is 13.3. The summed E-state index contributed by atoms with van der Waals surface area (Å²) in [6.07, 6.45) is 0.998. The van der Waals surface area contributed by atoms with E-state index in [1.54, 1.807) is 12.1 Å². The zero-order chi connectivity index (χ0) is 20.6. The smallest absolute Gasteiger partial charge is 0.240 e. The van der Waals surface area contributed by atoms with E-state index in [-0.39, 0.29) is 21.8 Å². The number of nitrogens with one attached hydrogen (secondary N) is 3. The van der Waals surface area contributed by atoms with E-state index in [0.717, 1.165) is 5.56 Å². The molecule has 1 amide bonds. The fraction of sp³-hybridized carbons (Fsp3) is 0.300. The predicted molar refractivity (Wildman–Crippen MR) is 116 cm³/mol. The van der Waals surface area contributed by atoms with Crippen molar-refractivity contribution in [2.75, 3.05) is 11.9 Å². The van der Waals surface area contributed by atoms with Gasteiger partial charge >= 0.3 is 0 Å². The van der Waals surface area contributed by atoms with Crippen molar-refractivity contribution in [3.63, 3.8) is 0 Å². The van der Waals surface area contributed by atoms with Gasteiger partial charge in [0.25, 0.3) is 0 Å². The van der Waals surface area contributed by atoms with Crippen LogP contribution in [0.1, 0.15) is 25.8 Å². The maximum Gasteiger partial charge on any atom is 0.240 e. The number of amides is 1. The highest BCUT2D eigenvalue weighted by Crippen LogP contribution is 2.14. The number of carbonyl (C=O) groups excluding carboxylic acids is 1. The minimum Gasteiger partial charge on any atom is -0.332 e. The van der Waals surface area contributed by atoms with Crippen molar-refractivity contribution in [1.29, 1.82) is 0 Å². The van der Waals surface area contributed by atoms with Gasteiger partial charge in [-0.25, -0.2) is 13.1 Å². The summed E-state index contributed by atoms with van der Waals surface area (Å²) in [5.41, 5.74) is 1.66. The summed E-state index contributed by atoms with van der Waals surface area (Å²) in [5, 5.41) is 5.66. The highest BCUT2D eigenvalue weighted by atomic mass is 32.2. The Labute approximate surface area is 171 Å². The number of hydrogen-bond acceptors (Lipinski definition) is 4. The third-order valence-corrected chi connectivity index (χ3v) is 5.50. The Morgan fingerprint density at radius 3 is 2.29 bits per heavy atom. The van der Waals surface area contributed by atoms with Gasteiger partial charge in [0.1, 0.15) is 0 Å². The van der Waals surface area contributed by atoms with Gasteiger partial charge in [0.05, 0.1) is 4.90 Å². The molecule has 0 bridgehead atoms. The molecule has 8 heteroatoms. The minimum atomic E-state index is -3.59. The minimum absolute atomic E-state index is 0.158. The molecule has 0 atom stereocenters. The zero-order valence-corrected chi connectivity index (χ0v) is 17.6. The molecule has 2 aromatic rings. The van der Waals surface area contributed by atoms with E-state index in [4.69, 9.17) is 12.2 Å². The van der Waals surface area contributed by atoms with Crippen LogP contribution in [0.15, 0.2) is 59.5 Å². The number of sulfonamides is 1. The van der Waals surface area contributed by atoms with Crippen molar-refractivity contribution in [2.24, 2.45) is 5.92 Å². The molecule has 0 saturated heterocycles. The van der Waals surface area contributed by atoms with Crippen LogP contribution >= 0.6 is 12.2 Å². The van der Waals surface area contributed by atoms with E-state index in [2.05, 4.69) is 15.4 Å². The Bertz CT molecular complexity index is 896. The third kappa shape index (κ3) is 7.38. The van der Waals surface area contributed by atoms with Crippen LogP contribution in [-0.2, 0) is 21.2 Å². The van der Waals surface area contributed by atoms with E-state index in [0.29, 0.717) is 25.1 Å². The van der Waals surface area contributed by atoms with Crippen LogP contribution in [0, 0.1) is 5.92 Å². The first-order valence-electron chi connectivity index (χ1n) is 9.01. The largest absolute Gasteiger partial charge is 0.332 e. The van der Waals surface area contributed by atoms with Crippen molar-refractivity contribution in [3.05, 3.63) is 60.2 Å². The Balaban J connectivity index is 1.88. The summed E-state index contributed by atoms with van der Waals surface area (Å²) < 4.78 is 27.4. The topological polar surface area (TPSA) is 87.3 Å². The summed E-state index contributed by atoms with van der Waals surface area (Å²) in [6.45, 7) is 4.21. The molecule has 28 heavy (non-hydrogen) atoms. The Hall–Kier alpha value is -2.29. The molecule has 0 unspecified atom stereocenters. The van der Waals surface area contributed by atoms with Crippen LogP contribution in [0.4, 0.5) is 5.69 Å². The van der Waals surface area contributed by atoms with Crippen LogP contribution in [0.2, 0.25) is 0 Å². The van der Waals surface area contributed by atoms with E-state index in [1.807, 2.05) is 44.2 Å². The van der Waals surface area contributed by atoms with Gasteiger partial charge in [-0.05, 0) is 54.4 Å². The monoisotopic (exact) mass is 419 g/mol. The predicted octanol–water partition coefficient (Wildman–Crippen LogP) is 3.07. The SMILES string of the molecule is CC(C)CC(=O)NC(=S)Nc1ccc(S(=O)(=O)NCCc2ccccc2)cc1. The standard InChI is InChI=1S/C20H25N3O3S2/c1-15(2)14-19(24)23-20(27)22-17-8-10-18(11-9-17)28(25,26)21-13-12-16-6-4-3-5-7-16/h3-11,15,21H,12-14H2,1-2H3,(H2,22,23,24,27). The van der Waals surface area contributed by atoms with Crippen molar-refractivity contribution in [2.45, 2.75) is 31.6 Å². The van der Waals surface area contributed by atoms with Gasteiger partial charge in [0.15, 0.2) is 5.11 Å². The average molecular weight is 420 g/mol. The normalized spacial score (nSPS) is 11.2. The third-order valence-electron chi connectivity index (χ3n) is 3.82. The Morgan fingerprint density at radius 2 is 1.68 bits per heavy atom. The highest BCUT2D eigenvalue weighted by Gasteiger charge is 2.13. The lowest BCUT2D eigenvalue weighted by Gasteiger charge is -2.11. The van der Waals surface area contributed by atoms with Gasteiger partial charge in [-0.15, -0.1) is 0 Å². The molecule has 0 fully saturated rings. The summed E-state index contributed by atoms with van der Waals surface area (Å²) in [5.74, 6) is 0.0796. The molecular weight excluding hydrogens is 394 g/mol. The van der Waals surface area contributed by atoms with Gasteiger partial charge < -0.3 is 10.6 Å². The second kappa shape index (κ2) is 10.3. The lowest BCUT2D eigenvalue weighted by molar-refractivity contribution is -0.120. The number of carbonyl (C=O) groups is 1. The van der Waals surface area contributed by atoms with Gasteiger partial charge in [0.2, 0.25) is 15.9 Å². The molecule has 0 saturated carbocycles. The molecule has 6 nitrogen and oxygen atoms in total. The molecule has 0 radical (unpaired) electrons. The molecule has 2 aromatic carbocycles. The molecule has 0 aromatic heterocycles. The number of rotatable bonds is 8. The molecule has 0 aliphatic heterocycles. The van der Waals surface area contributed by atoms with Crippen molar-refractivity contribution in [3.8, 4) is 0 Å². The molecule has 0 aliphatic rings. The molecular formula is C20H25N3O3S2. The fourth-order valence-corrected chi connectivity index (χ4v) is 3.75. The molecule has 0 heterocycles. The maximum absolute atomic E-state index is 12.4. The number of benzene rings is 2. The highest BCUT2D eigenvalue weighted by molar-refractivity contribution is 7.89. The molecule has 3 N–H and O–H groups in total. The van der Waals surface area contributed by atoms with Crippen LogP contribution < -0.4 is 15.4 Å². The Morgan fingerprint density at radius 1 is 1.04 bits per heavy atom. The van der Waals surface area contributed by atoms with E-state index in [1.165, 1.54) is 12.1 Å². The van der Waals surface area contributed by atoms with Gasteiger partial charge in [-0.2, -0.15) is 0 Å². The molecule has 0 aliphatic carbocycles. The summed E-state index contributed by atoms with van der Waals surface area (Å²) in [4.78, 5) is 11.9. The second-order valence-corrected chi connectivity index (χ2v) is 8.93. The zero-order valence-electron chi connectivity index (χ0n) is 15.9. The first kappa shape index (κ1) is 22.0. The number of anilines is 1. The molecule has 2 rings (SSSR count). The number of thiocarbonyl (C=S) groups is 1. The van der Waals surface area contributed by atoms with Crippen molar-refractivity contribution < 1.29 is 13.2 Å². The lowest BCUT2D eigenvalue weighted by atomic mass is 10.1. The summed E-state index contributed by atoms with van der Waals surface area (Å²) in [6, 6.07) is 15.9. The van der Waals surface area contributed by atoms with Gasteiger partial charge in [-0.1, -0.05) is 44.2 Å². The van der Waals surface area contributed by atoms with Crippen molar-refractivity contribution >= 4 is 38.9 Å². The Kier molecular flexibility index (Phi) is 8.10. The van der Waals surface area contributed by atoms with Gasteiger partial charge in [0, 0.05) is 18.7 Å². The average Bonchev–Trinajstić information content (AvgIpc) is 2.62. The van der Waals surface area contributed by atoms with Crippen LogP contribution in [0.25, 0.3) is 0 Å². The van der Waals surface area contributed by atoms with Crippen LogP contribution in [-0.4, -0.2) is 26.0 Å². The van der Waals surface area contributed by atoms with Gasteiger partial charge in [-0.3, -0.25) is 4.79 Å². The van der Waals surface area contributed by atoms with E-state index >= 15 is 0 Å². The number of hydrogen-bond donors (Lipinski definition) is 3.